The van der Waals surface area contributed by atoms with Crippen LogP contribution in [0.1, 0.15) is 34.0 Å². The van der Waals surface area contributed by atoms with Crippen LogP contribution >= 0.6 is 15.9 Å². The molecule has 0 saturated heterocycles. The molecule has 2 aliphatic heterocycles. The van der Waals surface area contributed by atoms with Crippen LogP contribution in [0.5, 0.6) is 5.75 Å². The fraction of sp³-hybridized carbons (Fsp3) is 0.310. The lowest BCUT2D eigenvalue weighted by molar-refractivity contribution is 0.146. The normalized spacial score (nSPS) is 16.6. The van der Waals surface area contributed by atoms with E-state index in [1.54, 1.807) is 14.2 Å². The van der Waals surface area contributed by atoms with Gasteiger partial charge in [0.15, 0.2) is 0 Å². The number of hydrogen-bond donors (Lipinski definition) is 1. The Kier molecular flexibility index (Phi) is 7.25. The Balaban J connectivity index is 0.000000239. The molecule has 0 aliphatic carbocycles. The van der Waals surface area contributed by atoms with Crippen molar-refractivity contribution < 1.29 is 14.6 Å². The minimum Gasteiger partial charge on any atom is -0.497 e. The summed E-state index contributed by atoms with van der Waals surface area (Å²) in [7, 11) is 3.43. The van der Waals surface area contributed by atoms with Crippen molar-refractivity contribution in [2.45, 2.75) is 38.8 Å². The summed E-state index contributed by atoms with van der Waals surface area (Å²) in [5.74, 6) is 0.928. The van der Waals surface area contributed by atoms with Crippen LogP contribution in [-0.4, -0.2) is 35.3 Å². The topological polar surface area (TPSA) is 46.9 Å². The fourth-order valence-electron chi connectivity index (χ4n) is 5.43. The maximum Gasteiger partial charge on any atom is 0.120 e. The smallest absolute Gasteiger partial charge is 0.120 e. The lowest BCUT2D eigenvalue weighted by Gasteiger charge is -2.41. The first-order valence-corrected chi connectivity index (χ1v) is 12.8. The maximum atomic E-state index is 9.99. The predicted molar refractivity (Wildman–Crippen MR) is 143 cm³/mol. The van der Waals surface area contributed by atoms with Gasteiger partial charge >= 0.3 is 0 Å². The number of hydrogen-bond acceptors (Lipinski definition) is 4. The molecule has 182 valence electrons. The molecule has 0 radical (unpaired) electrons. The van der Waals surface area contributed by atoms with Crippen molar-refractivity contribution in [1.29, 1.82) is 0 Å². The van der Waals surface area contributed by atoms with E-state index in [0.29, 0.717) is 12.6 Å². The second-order valence-corrected chi connectivity index (χ2v) is 10.00. The van der Waals surface area contributed by atoms with Gasteiger partial charge in [-0.3, -0.25) is 4.90 Å². The summed E-state index contributed by atoms with van der Waals surface area (Å²) in [6.45, 7) is 2.67. The Morgan fingerprint density at radius 3 is 2.60 bits per heavy atom. The first-order valence-electron chi connectivity index (χ1n) is 12.0. The molecule has 1 N–H and O–H groups in total. The van der Waals surface area contributed by atoms with Crippen LogP contribution in [0, 0.1) is 0 Å². The Hall–Kier alpha value is -2.64. The molecule has 6 rings (SSSR count). The number of fused-ring (bicyclic) bond motifs is 6. The number of benzene rings is 3. The summed E-state index contributed by atoms with van der Waals surface area (Å²) in [4.78, 5) is 2.55. The van der Waals surface area contributed by atoms with Crippen molar-refractivity contribution in [2.75, 3.05) is 20.8 Å². The lowest BCUT2D eigenvalue weighted by atomic mass is 9.85. The van der Waals surface area contributed by atoms with Crippen LogP contribution < -0.4 is 4.74 Å². The van der Waals surface area contributed by atoms with E-state index in [1.165, 1.54) is 33.3 Å². The van der Waals surface area contributed by atoms with Crippen molar-refractivity contribution in [3.63, 3.8) is 0 Å². The molecule has 3 heterocycles. The molecule has 0 amide bonds. The molecule has 5 nitrogen and oxygen atoms in total. The van der Waals surface area contributed by atoms with Gasteiger partial charge in [-0.05, 0) is 65.4 Å². The van der Waals surface area contributed by atoms with Gasteiger partial charge in [0, 0.05) is 41.8 Å². The van der Waals surface area contributed by atoms with Crippen LogP contribution in [0.3, 0.4) is 0 Å². The van der Waals surface area contributed by atoms with E-state index in [-0.39, 0.29) is 6.73 Å². The van der Waals surface area contributed by atoms with Crippen molar-refractivity contribution in [2.24, 2.45) is 0 Å². The Morgan fingerprint density at radius 2 is 1.86 bits per heavy atom. The molecule has 0 bridgehead atoms. The summed E-state index contributed by atoms with van der Waals surface area (Å²) < 4.78 is 13.5. The third-order valence-corrected chi connectivity index (χ3v) is 7.61. The third kappa shape index (κ3) is 4.76. The number of aliphatic hydroxyl groups is 1. The standard InChI is InChI=1S/C21H21BrN2O2.C8H10O/c1-26-15-4-2-13-6-7-23-11-21-18(10-20(23)16(13)9-15)17-8-14(22)3-5-19(17)24(21)12-25;1-9-7-8-5-3-2-4-6-8/h2-5,8-9,20,25H,6-7,10-12H2,1H3;2-6H,7H2,1H3. The van der Waals surface area contributed by atoms with Gasteiger partial charge in [0.05, 0.1) is 19.2 Å². The Morgan fingerprint density at radius 1 is 1.03 bits per heavy atom. The molecule has 0 fully saturated rings. The number of methoxy groups -OCH3 is 2. The first kappa shape index (κ1) is 24.1. The van der Waals surface area contributed by atoms with Crippen LogP contribution in [0.4, 0.5) is 0 Å². The van der Waals surface area contributed by atoms with Crippen molar-refractivity contribution >= 4 is 26.8 Å². The summed E-state index contributed by atoms with van der Waals surface area (Å²) in [6.07, 6.45) is 2.03. The van der Waals surface area contributed by atoms with E-state index in [0.717, 1.165) is 41.7 Å². The number of halogens is 1. The first-order chi connectivity index (χ1) is 17.1. The molecule has 3 aromatic carbocycles. The molecule has 1 atom stereocenters. The minimum atomic E-state index is 0.0242. The van der Waals surface area contributed by atoms with Crippen LogP contribution in [0.25, 0.3) is 10.9 Å². The molecular weight excluding hydrogens is 504 g/mol. The van der Waals surface area contributed by atoms with E-state index in [2.05, 4.69) is 55.7 Å². The fourth-order valence-corrected chi connectivity index (χ4v) is 5.79. The summed E-state index contributed by atoms with van der Waals surface area (Å²) in [6, 6.07) is 23.3. The molecule has 2 aliphatic rings. The van der Waals surface area contributed by atoms with Gasteiger partial charge in [-0.15, -0.1) is 0 Å². The monoisotopic (exact) mass is 534 g/mol. The van der Waals surface area contributed by atoms with Gasteiger partial charge in [-0.2, -0.15) is 0 Å². The molecule has 0 saturated carbocycles. The summed E-state index contributed by atoms with van der Waals surface area (Å²) in [5, 5.41) is 11.2. The number of aliphatic hydroxyl groups excluding tert-OH is 1. The molecule has 0 spiro atoms. The number of ether oxygens (including phenoxy) is 2. The van der Waals surface area contributed by atoms with E-state index >= 15 is 0 Å². The van der Waals surface area contributed by atoms with E-state index in [4.69, 9.17) is 9.47 Å². The maximum absolute atomic E-state index is 9.99. The highest BCUT2D eigenvalue weighted by atomic mass is 79.9. The van der Waals surface area contributed by atoms with E-state index < -0.39 is 0 Å². The number of aromatic nitrogens is 1. The zero-order valence-electron chi connectivity index (χ0n) is 20.2. The largest absolute Gasteiger partial charge is 0.497 e. The second kappa shape index (κ2) is 10.5. The van der Waals surface area contributed by atoms with Gasteiger partial charge < -0.3 is 19.1 Å². The highest BCUT2D eigenvalue weighted by molar-refractivity contribution is 9.10. The minimum absolute atomic E-state index is 0.0242. The number of nitrogens with zero attached hydrogens (tertiary/aromatic N) is 2. The highest BCUT2D eigenvalue weighted by Gasteiger charge is 2.35. The average Bonchev–Trinajstić information content (AvgIpc) is 3.20. The van der Waals surface area contributed by atoms with E-state index in [9.17, 15) is 5.11 Å². The van der Waals surface area contributed by atoms with Gasteiger partial charge in [0.1, 0.15) is 12.5 Å². The average molecular weight is 535 g/mol. The van der Waals surface area contributed by atoms with Crippen molar-refractivity contribution in [3.8, 4) is 5.75 Å². The third-order valence-electron chi connectivity index (χ3n) is 7.12. The van der Waals surface area contributed by atoms with Crippen molar-refractivity contribution in [3.05, 3.63) is 99.2 Å². The molecule has 4 aromatic rings. The zero-order valence-corrected chi connectivity index (χ0v) is 21.8. The molecule has 35 heavy (non-hydrogen) atoms. The summed E-state index contributed by atoms with van der Waals surface area (Å²) in [5.41, 5.74) is 7.78. The Labute approximate surface area is 215 Å². The lowest BCUT2D eigenvalue weighted by Crippen LogP contribution is -2.39. The van der Waals surface area contributed by atoms with Crippen LogP contribution in [0.15, 0.2) is 71.2 Å². The second-order valence-electron chi connectivity index (χ2n) is 9.08. The molecule has 6 heteroatoms. The Bertz CT molecular complexity index is 1320. The molecular formula is C29H31BrN2O3. The van der Waals surface area contributed by atoms with Gasteiger partial charge in [0.25, 0.3) is 0 Å². The molecule has 1 unspecified atom stereocenters. The van der Waals surface area contributed by atoms with Gasteiger partial charge in [-0.25, -0.2) is 0 Å². The highest BCUT2D eigenvalue weighted by Crippen LogP contribution is 2.43. The van der Waals surface area contributed by atoms with Crippen molar-refractivity contribution in [1.82, 2.24) is 9.47 Å². The predicted octanol–water partition coefficient (Wildman–Crippen LogP) is 5.85. The van der Waals surface area contributed by atoms with E-state index in [1.807, 2.05) is 36.4 Å². The SMILES string of the molecule is COCc1ccccc1.COc1ccc2c(c1)C1Cc3c(n(CO)c4ccc(Br)cc34)CN1CC2. The zero-order chi connectivity index (χ0) is 24.4. The van der Waals surface area contributed by atoms with Gasteiger partial charge in [-0.1, -0.05) is 52.3 Å². The summed E-state index contributed by atoms with van der Waals surface area (Å²) >= 11 is 3.61. The number of rotatable bonds is 4. The van der Waals surface area contributed by atoms with Crippen LogP contribution in [0.2, 0.25) is 0 Å². The van der Waals surface area contributed by atoms with Gasteiger partial charge in [0.2, 0.25) is 0 Å². The molecule has 1 aromatic heterocycles. The quantitative estimate of drug-likeness (QED) is 0.356. The van der Waals surface area contributed by atoms with Crippen LogP contribution in [-0.2, 0) is 37.5 Å².